The number of nitrogens with one attached hydrogen (secondary N) is 3. The van der Waals surface area contributed by atoms with Crippen LogP contribution >= 0.6 is 23.4 Å². The number of carbonyl (C=O) groups is 3. The number of thioether (sulfide) groups is 1. The summed E-state index contributed by atoms with van der Waals surface area (Å²) in [5, 5.41) is 8.57. The highest BCUT2D eigenvalue weighted by Crippen LogP contribution is 2.37. The molecule has 0 spiro atoms. The topological polar surface area (TPSA) is 87.3 Å². The monoisotopic (exact) mass is 645 g/mol. The Labute approximate surface area is 277 Å². The summed E-state index contributed by atoms with van der Waals surface area (Å²) in [7, 11) is 0. The first-order chi connectivity index (χ1) is 22.3. The van der Waals surface area contributed by atoms with Gasteiger partial charge in [-0.05, 0) is 90.7 Å². The van der Waals surface area contributed by atoms with Crippen LogP contribution in [0, 0.1) is 13.8 Å². The molecule has 0 aromatic heterocycles. The third-order valence-corrected chi connectivity index (χ3v) is 8.79. The lowest BCUT2D eigenvalue weighted by atomic mass is 10.1. The van der Waals surface area contributed by atoms with E-state index in [9.17, 15) is 14.4 Å². The van der Waals surface area contributed by atoms with Gasteiger partial charge in [0.05, 0.1) is 0 Å². The highest BCUT2D eigenvalue weighted by molar-refractivity contribution is 8.00. The molecule has 0 saturated carbocycles. The minimum atomic E-state index is -0.561. The van der Waals surface area contributed by atoms with Crippen molar-refractivity contribution in [3.63, 3.8) is 0 Å². The predicted molar refractivity (Wildman–Crippen MR) is 188 cm³/mol. The number of halogens is 1. The van der Waals surface area contributed by atoms with Crippen molar-refractivity contribution in [3.8, 4) is 0 Å². The van der Waals surface area contributed by atoms with Crippen molar-refractivity contribution in [1.29, 1.82) is 0 Å². The maximum atomic E-state index is 13.6. The van der Waals surface area contributed by atoms with Crippen molar-refractivity contribution in [3.05, 3.63) is 166 Å². The Kier molecular flexibility index (Phi) is 10.7. The number of aryl methyl sites for hydroxylation is 2. The van der Waals surface area contributed by atoms with Crippen LogP contribution in [0.3, 0.4) is 0 Å². The second-order valence-corrected chi connectivity index (χ2v) is 12.2. The molecule has 5 aromatic carbocycles. The van der Waals surface area contributed by atoms with E-state index in [1.165, 1.54) is 11.8 Å². The summed E-state index contributed by atoms with van der Waals surface area (Å²) < 4.78 is 0. The molecule has 0 fully saturated rings. The summed E-state index contributed by atoms with van der Waals surface area (Å²) >= 11 is 7.75. The molecule has 3 amide bonds. The first kappa shape index (κ1) is 32.3. The van der Waals surface area contributed by atoms with Crippen LogP contribution in [0.5, 0.6) is 0 Å². The highest BCUT2D eigenvalue weighted by atomic mass is 35.5. The smallest absolute Gasteiger partial charge is 0.272 e. The molecule has 0 bridgehead atoms. The molecule has 5 rings (SSSR count). The first-order valence-corrected chi connectivity index (χ1v) is 15.9. The van der Waals surface area contributed by atoms with Crippen molar-refractivity contribution in [2.45, 2.75) is 24.0 Å². The molecule has 0 aliphatic rings. The highest BCUT2D eigenvalue weighted by Gasteiger charge is 2.23. The van der Waals surface area contributed by atoms with E-state index in [1.54, 1.807) is 72.8 Å². The number of anilines is 2. The molecular weight excluding hydrogens is 614 g/mol. The Balaban J connectivity index is 1.38. The van der Waals surface area contributed by atoms with Gasteiger partial charge in [-0.15, -0.1) is 11.8 Å². The summed E-state index contributed by atoms with van der Waals surface area (Å²) in [4.78, 5) is 41.0. The fourth-order valence-electron chi connectivity index (χ4n) is 4.60. The largest absolute Gasteiger partial charge is 0.325 e. The SMILES string of the molecule is Cc1ccc(NC(=O)C(Sc2cccc(NC(=O)/C(=C\c3ccccc3Cl)NC(=O)c3ccccc3)c2)c2ccccc2)cc1C. The second kappa shape index (κ2) is 15.3. The minimum absolute atomic E-state index is 0.0231. The molecular formula is C38H32ClN3O3S. The zero-order chi connectivity index (χ0) is 32.5. The molecule has 0 heterocycles. The maximum Gasteiger partial charge on any atom is 0.272 e. The summed E-state index contributed by atoms with van der Waals surface area (Å²) in [5.41, 5.74) is 5.31. The van der Waals surface area contributed by atoms with Gasteiger partial charge >= 0.3 is 0 Å². The summed E-state index contributed by atoms with van der Waals surface area (Å²) in [6.07, 6.45) is 1.54. The van der Waals surface area contributed by atoms with E-state index in [0.29, 0.717) is 21.8 Å². The zero-order valence-electron chi connectivity index (χ0n) is 25.3. The quantitative estimate of drug-likeness (QED) is 0.105. The molecule has 0 radical (unpaired) electrons. The van der Waals surface area contributed by atoms with Crippen LogP contribution in [0.2, 0.25) is 5.02 Å². The van der Waals surface area contributed by atoms with Gasteiger partial charge in [0, 0.05) is 26.9 Å². The molecule has 0 aliphatic carbocycles. The molecule has 6 nitrogen and oxygen atoms in total. The number of amides is 3. The van der Waals surface area contributed by atoms with Crippen LogP contribution in [0.25, 0.3) is 6.08 Å². The average Bonchev–Trinajstić information content (AvgIpc) is 3.07. The van der Waals surface area contributed by atoms with E-state index in [1.807, 2.05) is 74.5 Å². The standard InChI is InChI=1S/C38H32ClN3O3S/c1-25-20-21-31(22-26(25)2)41-38(45)35(27-12-5-3-6-13-27)46-32-18-11-17-30(24-32)40-37(44)34(23-29-16-9-10-19-33(29)39)42-36(43)28-14-7-4-8-15-28/h3-24,35H,1-2H3,(H,40,44)(H,41,45)(H,42,43)/b34-23+. The summed E-state index contributed by atoms with van der Waals surface area (Å²) in [6, 6.07) is 38.3. The first-order valence-electron chi connectivity index (χ1n) is 14.6. The third-order valence-electron chi connectivity index (χ3n) is 7.19. The average molecular weight is 646 g/mol. The Morgan fingerprint density at radius 3 is 2.09 bits per heavy atom. The van der Waals surface area contributed by atoms with Crippen LogP contribution in [0.15, 0.2) is 138 Å². The fraction of sp³-hybridized carbons (Fsp3) is 0.0789. The Morgan fingerprint density at radius 2 is 1.37 bits per heavy atom. The molecule has 8 heteroatoms. The number of benzene rings is 5. The van der Waals surface area contributed by atoms with Gasteiger partial charge in [0.1, 0.15) is 10.9 Å². The molecule has 1 atom stereocenters. The molecule has 3 N–H and O–H groups in total. The Morgan fingerprint density at radius 1 is 0.696 bits per heavy atom. The van der Waals surface area contributed by atoms with E-state index in [2.05, 4.69) is 16.0 Å². The lowest BCUT2D eigenvalue weighted by Crippen LogP contribution is -2.30. The van der Waals surface area contributed by atoms with Gasteiger partial charge < -0.3 is 16.0 Å². The van der Waals surface area contributed by atoms with Crippen molar-refractivity contribution in [2.75, 3.05) is 10.6 Å². The second-order valence-electron chi connectivity index (χ2n) is 10.6. The van der Waals surface area contributed by atoms with Gasteiger partial charge in [0.25, 0.3) is 11.8 Å². The number of rotatable bonds is 10. The van der Waals surface area contributed by atoms with Gasteiger partial charge in [0.15, 0.2) is 0 Å². The fourth-order valence-corrected chi connectivity index (χ4v) is 5.87. The van der Waals surface area contributed by atoms with Crippen LogP contribution in [-0.4, -0.2) is 17.7 Å². The van der Waals surface area contributed by atoms with Crippen molar-refractivity contribution in [1.82, 2.24) is 5.32 Å². The molecule has 1 unspecified atom stereocenters. The minimum Gasteiger partial charge on any atom is -0.325 e. The van der Waals surface area contributed by atoms with E-state index in [0.717, 1.165) is 27.3 Å². The third kappa shape index (κ3) is 8.53. The lowest BCUT2D eigenvalue weighted by molar-refractivity contribution is -0.116. The Hall–Kier alpha value is -5.11. The lowest BCUT2D eigenvalue weighted by Gasteiger charge is -2.18. The summed E-state index contributed by atoms with van der Waals surface area (Å²) in [6.45, 7) is 4.04. The van der Waals surface area contributed by atoms with Crippen LogP contribution in [0.4, 0.5) is 11.4 Å². The van der Waals surface area contributed by atoms with Gasteiger partial charge in [-0.2, -0.15) is 0 Å². The summed E-state index contributed by atoms with van der Waals surface area (Å²) in [5.74, 6) is -1.13. The molecule has 46 heavy (non-hydrogen) atoms. The maximum absolute atomic E-state index is 13.6. The zero-order valence-corrected chi connectivity index (χ0v) is 26.9. The molecule has 230 valence electrons. The van der Waals surface area contributed by atoms with Crippen molar-refractivity contribution in [2.24, 2.45) is 0 Å². The van der Waals surface area contributed by atoms with Gasteiger partial charge in [-0.25, -0.2) is 0 Å². The molecule has 0 aliphatic heterocycles. The Bertz CT molecular complexity index is 1890. The number of carbonyl (C=O) groups excluding carboxylic acids is 3. The molecule has 0 saturated heterocycles. The van der Waals surface area contributed by atoms with Gasteiger partial charge in [-0.1, -0.05) is 90.5 Å². The number of hydrogen-bond acceptors (Lipinski definition) is 4. The van der Waals surface area contributed by atoms with E-state index in [4.69, 9.17) is 11.6 Å². The van der Waals surface area contributed by atoms with Crippen molar-refractivity contribution >= 4 is 58.5 Å². The van der Waals surface area contributed by atoms with Crippen LogP contribution in [0.1, 0.15) is 37.9 Å². The van der Waals surface area contributed by atoms with E-state index in [-0.39, 0.29) is 11.6 Å². The van der Waals surface area contributed by atoms with Crippen LogP contribution in [-0.2, 0) is 9.59 Å². The van der Waals surface area contributed by atoms with E-state index >= 15 is 0 Å². The van der Waals surface area contributed by atoms with Gasteiger partial charge in [0.2, 0.25) is 5.91 Å². The van der Waals surface area contributed by atoms with Crippen LogP contribution < -0.4 is 16.0 Å². The van der Waals surface area contributed by atoms with E-state index < -0.39 is 17.1 Å². The predicted octanol–water partition coefficient (Wildman–Crippen LogP) is 8.84. The normalized spacial score (nSPS) is 11.8. The molecule has 5 aromatic rings. The van der Waals surface area contributed by atoms with Gasteiger partial charge in [-0.3, -0.25) is 14.4 Å². The number of hydrogen-bond donors (Lipinski definition) is 3. The van der Waals surface area contributed by atoms with Crippen molar-refractivity contribution < 1.29 is 14.4 Å².